The predicted molar refractivity (Wildman–Crippen MR) is 114 cm³/mol. The maximum absolute atomic E-state index is 13.2. The van der Waals surface area contributed by atoms with Crippen LogP contribution in [0.4, 0.5) is 5.69 Å². The Labute approximate surface area is 176 Å². The number of carbonyl (C=O) groups excluding carboxylic acids is 3. The van der Waals surface area contributed by atoms with E-state index in [1.54, 1.807) is 42.5 Å². The highest BCUT2D eigenvalue weighted by atomic mass is 79.9. The van der Waals surface area contributed by atoms with E-state index in [2.05, 4.69) is 21.2 Å². The van der Waals surface area contributed by atoms with Crippen molar-refractivity contribution in [2.45, 2.75) is 12.5 Å². The third kappa shape index (κ3) is 3.84. The van der Waals surface area contributed by atoms with Crippen LogP contribution in [0.25, 0.3) is 0 Å². The van der Waals surface area contributed by atoms with Gasteiger partial charge < -0.3 is 5.32 Å². The maximum atomic E-state index is 13.2. The lowest BCUT2D eigenvalue weighted by atomic mass is 10.0. The summed E-state index contributed by atoms with van der Waals surface area (Å²) >= 11 is 3.38. The van der Waals surface area contributed by atoms with Gasteiger partial charge in [-0.25, -0.2) is 0 Å². The highest BCUT2D eigenvalue weighted by molar-refractivity contribution is 9.10. The molecule has 3 aromatic rings. The second kappa shape index (κ2) is 8.01. The quantitative estimate of drug-likeness (QED) is 0.591. The van der Waals surface area contributed by atoms with Gasteiger partial charge in [0.05, 0.1) is 11.1 Å². The van der Waals surface area contributed by atoms with Crippen LogP contribution in [0.3, 0.4) is 0 Å². The average Bonchev–Trinajstić information content (AvgIpc) is 2.98. The summed E-state index contributed by atoms with van der Waals surface area (Å²) in [4.78, 5) is 40.2. The summed E-state index contributed by atoms with van der Waals surface area (Å²) in [6, 6.07) is 22.2. The number of imide groups is 1. The van der Waals surface area contributed by atoms with E-state index in [0.29, 0.717) is 16.8 Å². The third-order valence-electron chi connectivity index (χ3n) is 4.80. The Kier molecular flexibility index (Phi) is 5.27. The van der Waals surface area contributed by atoms with Crippen molar-refractivity contribution in [2.75, 3.05) is 5.32 Å². The SMILES string of the molecule is O=C(Nc1cccc(Br)c1)[C@H](Cc1ccccc1)N1C(=O)c2ccccc2C1=O. The molecule has 4 rings (SSSR count). The lowest BCUT2D eigenvalue weighted by Crippen LogP contribution is -2.48. The van der Waals surface area contributed by atoms with Crippen LogP contribution in [0.5, 0.6) is 0 Å². The van der Waals surface area contributed by atoms with Crippen molar-refractivity contribution in [2.24, 2.45) is 0 Å². The third-order valence-corrected chi connectivity index (χ3v) is 5.30. The minimum atomic E-state index is -0.969. The van der Waals surface area contributed by atoms with Gasteiger partial charge in [0.15, 0.2) is 0 Å². The minimum absolute atomic E-state index is 0.228. The first-order valence-corrected chi connectivity index (χ1v) is 9.91. The van der Waals surface area contributed by atoms with Gasteiger partial charge in [-0.1, -0.05) is 64.5 Å². The van der Waals surface area contributed by atoms with Gasteiger partial charge in [-0.05, 0) is 35.9 Å². The summed E-state index contributed by atoms with van der Waals surface area (Å²) in [5.41, 5.74) is 2.09. The zero-order chi connectivity index (χ0) is 20.4. The van der Waals surface area contributed by atoms with Crippen molar-refractivity contribution in [3.05, 3.63) is 100 Å². The molecule has 0 aromatic heterocycles. The molecule has 1 atom stereocenters. The number of anilines is 1. The number of nitrogens with one attached hydrogen (secondary N) is 1. The van der Waals surface area contributed by atoms with E-state index in [4.69, 9.17) is 0 Å². The van der Waals surface area contributed by atoms with Gasteiger partial charge in [0.1, 0.15) is 6.04 Å². The number of hydrogen-bond donors (Lipinski definition) is 1. The molecule has 0 fully saturated rings. The molecule has 1 N–H and O–H groups in total. The van der Waals surface area contributed by atoms with Crippen LogP contribution in [-0.4, -0.2) is 28.7 Å². The lowest BCUT2D eigenvalue weighted by molar-refractivity contribution is -0.119. The molecule has 144 valence electrons. The molecule has 1 aliphatic heterocycles. The molecule has 0 spiro atoms. The van der Waals surface area contributed by atoms with Gasteiger partial charge >= 0.3 is 0 Å². The van der Waals surface area contributed by atoms with E-state index in [1.165, 1.54) is 0 Å². The number of rotatable bonds is 5. The number of benzene rings is 3. The molecule has 6 heteroatoms. The van der Waals surface area contributed by atoms with Crippen LogP contribution in [0.1, 0.15) is 26.3 Å². The zero-order valence-corrected chi connectivity index (χ0v) is 16.9. The summed E-state index contributed by atoms with van der Waals surface area (Å²) in [5.74, 6) is -1.31. The van der Waals surface area contributed by atoms with E-state index in [9.17, 15) is 14.4 Å². The Hall–Kier alpha value is -3.25. The molecule has 3 amide bonds. The van der Waals surface area contributed by atoms with E-state index >= 15 is 0 Å². The van der Waals surface area contributed by atoms with Crippen molar-refractivity contribution < 1.29 is 14.4 Å². The van der Waals surface area contributed by atoms with Crippen molar-refractivity contribution in [1.82, 2.24) is 4.90 Å². The zero-order valence-electron chi connectivity index (χ0n) is 15.3. The van der Waals surface area contributed by atoms with Gasteiger partial charge in [-0.2, -0.15) is 0 Å². The molecule has 0 saturated carbocycles. The molecule has 29 heavy (non-hydrogen) atoms. The Balaban J connectivity index is 1.68. The van der Waals surface area contributed by atoms with Crippen molar-refractivity contribution in [3.8, 4) is 0 Å². The van der Waals surface area contributed by atoms with Gasteiger partial charge in [-0.3, -0.25) is 19.3 Å². The van der Waals surface area contributed by atoms with Crippen LogP contribution in [0, 0.1) is 0 Å². The number of amides is 3. The van der Waals surface area contributed by atoms with Crippen molar-refractivity contribution in [1.29, 1.82) is 0 Å². The number of hydrogen-bond acceptors (Lipinski definition) is 3. The second-order valence-corrected chi connectivity index (χ2v) is 7.65. The normalized spacial score (nSPS) is 13.9. The van der Waals surface area contributed by atoms with E-state index in [1.807, 2.05) is 36.4 Å². The van der Waals surface area contributed by atoms with E-state index < -0.39 is 23.8 Å². The average molecular weight is 449 g/mol. The molecule has 0 aliphatic carbocycles. The van der Waals surface area contributed by atoms with Gasteiger partial charge in [-0.15, -0.1) is 0 Å². The van der Waals surface area contributed by atoms with E-state index in [0.717, 1.165) is 14.9 Å². The number of carbonyl (C=O) groups is 3. The second-order valence-electron chi connectivity index (χ2n) is 6.73. The molecule has 0 unspecified atom stereocenters. The molecular weight excluding hydrogens is 432 g/mol. The fourth-order valence-electron chi connectivity index (χ4n) is 3.42. The number of nitrogens with zero attached hydrogens (tertiary/aromatic N) is 1. The lowest BCUT2D eigenvalue weighted by Gasteiger charge is -2.25. The maximum Gasteiger partial charge on any atom is 0.262 e. The molecule has 3 aromatic carbocycles. The van der Waals surface area contributed by atoms with Gasteiger partial charge in [0.25, 0.3) is 11.8 Å². The largest absolute Gasteiger partial charge is 0.324 e. The fourth-order valence-corrected chi connectivity index (χ4v) is 3.82. The first-order chi connectivity index (χ1) is 14.0. The summed E-state index contributed by atoms with van der Waals surface area (Å²) in [6.07, 6.45) is 0.228. The fraction of sp³-hybridized carbons (Fsp3) is 0.0870. The Morgan fingerprint density at radius 1 is 0.862 bits per heavy atom. The molecule has 1 heterocycles. The summed E-state index contributed by atoms with van der Waals surface area (Å²) in [5, 5.41) is 2.83. The Morgan fingerprint density at radius 3 is 2.10 bits per heavy atom. The van der Waals surface area contributed by atoms with Crippen LogP contribution in [0.15, 0.2) is 83.3 Å². The van der Waals surface area contributed by atoms with Gasteiger partial charge in [0.2, 0.25) is 5.91 Å². The summed E-state index contributed by atoms with van der Waals surface area (Å²) in [6.45, 7) is 0. The molecule has 1 aliphatic rings. The van der Waals surface area contributed by atoms with Crippen LogP contribution >= 0.6 is 15.9 Å². The van der Waals surface area contributed by atoms with Crippen LogP contribution in [0.2, 0.25) is 0 Å². The summed E-state index contributed by atoms with van der Waals surface area (Å²) < 4.78 is 0.815. The monoisotopic (exact) mass is 448 g/mol. The van der Waals surface area contributed by atoms with Crippen LogP contribution < -0.4 is 5.32 Å². The molecule has 5 nitrogen and oxygen atoms in total. The molecule has 0 radical (unpaired) electrons. The molecule has 0 bridgehead atoms. The smallest absolute Gasteiger partial charge is 0.262 e. The number of halogens is 1. The first kappa shape index (κ1) is 19.1. The molecule has 0 saturated heterocycles. The van der Waals surface area contributed by atoms with Crippen LogP contribution in [-0.2, 0) is 11.2 Å². The standard InChI is InChI=1S/C23H17BrN2O3/c24-16-9-6-10-17(14-16)25-21(27)20(13-15-7-2-1-3-8-15)26-22(28)18-11-4-5-12-19(18)23(26)29/h1-12,14,20H,13H2,(H,25,27)/t20-/m0/s1. The van der Waals surface area contributed by atoms with E-state index in [-0.39, 0.29) is 6.42 Å². The molecular formula is C23H17BrN2O3. The predicted octanol–water partition coefficient (Wildman–Crippen LogP) is 4.30. The van der Waals surface area contributed by atoms with Crippen molar-refractivity contribution in [3.63, 3.8) is 0 Å². The first-order valence-electron chi connectivity index (χ1n) is 9.12. The van der Waals surface area contributed by atoms with Crippen molar-refractivity contribution >= 4 is 39.3 Å². The highest BCUT2D eigenvalue weighted by Crippen LogP contribution is 2.27. The Morgan fingerprint density at radius 2 is 1.48 bits per heavy atom. The van der Waals surface area contributed by atoms with Gasteiger partial charge in [0, 0.05) is 16.6 Å². The summed E-state index contributed by atoms with van der Waals surface area (Å²) in [7, 11) is 0. The topological polar surface area (TPSA) is 66.5 Å². The minimum Gasteiger partial charge on any atom is -0.324 e. The highest BCUT2D eigenvalue weighted by Gasteiger charge is 2.42. The Bertz CT molecular complexity index is 1060. The number of fused-ring (bicyclic) bond motifs is 1.